The van der Waals surface area contributed by atoms with Crippen molar-refractivity contribution in [2.24, 2.45) is 5.92 Å². The van der Waals surface area contributed by atoms with Crippen LogP contribution in [-0.2, 0) is 0 Å². The van der Waals surface area contributed by atoms with Gasteiger partial charge in [0.25, 0.3) is 0 Å². The Morgan fingerprint density at radius 2 is 2.26 bits per heavy atom. The number of nitrogens with zero attached hydrogens (tertiary/aromatic N) is 3. The van der Waals surface area contributed by atoms with Gasteiger partial charge in [-0.2, -0.15) is 0 Å². The average molecular weight is 259 g/mol. The molecule has 0 aliphatic heterocycles. The van der Waals surface area contributed by atoms with Crippen LogP contribution in [-0.4, -0.2) is 37.5 Å². The third kappa shape index (κ3) is 1.77. The van der Waals surface area contributed by atoms with E-state index in [1.54, 1.807) is 6.33 Å². The first-order valence-electron chi connectivity index (χ1n) is 6.39. The van der Waals surface area contributed by atoms with Gasteiger partial charge < -0.3 is 14.8 Å². The van der Waals surface area contributed by atoms with E-state index in [2.05, 4.69) is 16.5 Å². The average Bonchev–Trinajstić information content (AvgIpc) is 2.92. The maximum Gasteiger partial charge on any atom is 0.144 e. The minimum absolute atomic E-state index is 0.0149. The third-order valence-corrected chi connectivity index (χ3v) is 4.07. The molecule has 0 unspecified atom stereocenters. The highest BCUT2D eigenvalue weighted by Gasteiger charge is 2.37. The number of aliphatic hydroxyl groups excluding tert-OH is 2. The molecule has 1 aliphatic rings. The van der Waals surface area contributed by atoms with Gasteiger partial charge in [0.15, 0.2) is 0 Å². The van der Waals surface area contributed by atoms with Crippen molar-refractivity contribution in [3.63, 3.8) is 0 Å². The van der Waals surface area contributed by atoms with Crippen LogP contribution in [0.15, 0.2) is 30.7 Å². The van der Waals surface area contributed by atoms with Gasteiger partial charge in [-0.15, -0.1) is 0 Å². The van der Waals surface area contributed by atoms with Gasteiger partial charge in [0.05, 0.1) is 24.4 Å². The lowest BCUT2D eigenvalue weighted by molar-refractivity contribution is 0.101. The van der Waals surface area contributed by atoms with Gasteiger partial charge in [-0.1, -0.05) is 6.58 Å². The summed E-state index contributed by atoms with van der Waals surface area (Å²) < 4.78 is 2.02. The topological polar surface area (TPSA) is 71.2 Å². The molecule has 2 N–H and O–H groups in total. The van der Waals surface area contributed by atoms with Gasteiger partial charge >= 0.3 is 0 Å². The van der Waals surface area contributed by atoms with Gasteiger partial charge in [0.1, 0.15) is 12.0 Å². The van der Waals surface area contributed by atoms with Crippen molar-refractivity contribution in [2.45, 2.75) is 25.5 Å². The molecule has 1 fully saturated rings. The molecule has 3 rings (SSSR count). The van der Waals surface area contributed by atoms with Crippen LogP contribution in [0.4, 0.5) is 0 Å². The van der Waals surface area contributed by atoms with E-state index >= 15 is 0 Å². The van der Waals surface area contributed by atoms with E-state index in [0.29, 0.717) is 6.42 Å². The van der Waals surface area contributed by atoms with E-state index in [1.165, 1.54) is 0 Å². The maximum atomic E-state index is 9.99. The van der Waals surface area contributed by atoms with Crippen LogP contribution in [0, 0.1) is 12.8 Å². The smallest absolute Gasteiger partial charge is 0.144 e. The van der Waals surface area contributed by atoms with Crippen molar-refractivity contribution in [3.8, 4) is 0 Å². The highest BCUT2D eigenvalue weighted by atomic mass is 16.3. The zero-order valence-corrected chi connectivity index (χ0v) is 10.8. The molecule has 2 aromatic rings. The molecule has 1 aliphatic carbocycles. The third-order valence-electron chi connectivity index (χ3n) is 4.07. The molecule has 0 saturated heterocycles. The summed E-state index contributed by atoms with van der Waals surface area (Å²) in [7, 11) is 0. The molecule has 3 atom stereocenters. The summed E-state index contributed by atoms with van der Waals surface area (Å²) in [5.41, 5.74) is 2.65. The number of aryl methyl sites for hydroxylation is 1. The molecular weight excluding hydrogens is 242 g/mol. The summed E-state index contributed by atoms with van der Waals surface area (Å²) in [6.07, 6.45) is 3.53. The molecule has 0 bridgehead atoms. The minimum atomic E-state index is -0.539. The summed E-state index contributed by atoms with van der Waals surface area (Å²) >= 11 is 0. The Bertz CT molecular complexity index is 635. The number of aliphatic hydroxyl groups is 2. The van der Waals surface area contributed by atoms with Crippen molar-refractivity contribution in [1.29, 1.82) is 0 Å². The number of fused-ring (bicyclic) bond motifs is 1. The van der Waals surface area contributed by atoms with Gasteiger partial charge in [-0.25, -0.2) is 9.97 Å². The summed E-state index contributed by atoms with van der Waals surface area (Å²) in [5.74, 6) is -0.245. The summed E-state index contributed by atoms with van der Waals surface area (Å²) in [5, 5.41) is 20.3. The Kier molecular flexibility index (Phi) is 2.88. The second-order valence-corrected chi connectivity index (χ2v) is 5.10. The quantitative estimate of drug-likeness (QED) is 0.795. The molecule has 100 valence electrons. The lowest BCUT2D eigenvalue weighted by Crippen LogP contribution is -2.17. The summed E-state index contributed by atoms with van der Waals surface area (Å²) in [4.78, 5) is 8.50. The Balaban J connectivity index is 2.06. The van der Waals surface area contributed by atoms with E-state index in [0.717, 1.165) is 22.3 Å². The molecular formula is C14H17N3O2. The largest absolute Gasteiger partial charge is 0.396 e. The Morgan fingerprint density at radius 1 is 1.47 bits per heavy atom. The molecule has 19 heavy (non-hydrogen) atoms. The highest BCUT2D eigenvalue weighted by Crippen LogP contribution is 2.40. The predicted octanol–water partition coefficient (Wildman–Crippen LogP) is 1.21. The normalized spacial score (nSPS) is 27.3. The Hall–Kier alpha value is -1.72. The number of hydrogen-bond acceptors (Lipinski definition) is 4. The van der Waals surface area contributed by atoms with Crippen LogP contribution in [0.3, 0.4) is 0 Å². The standard InChI is InChI=1S/C14H17N3O2/c1-8-11(6-18)13(19)5-12(8)17-4-3-10-9(2)15-7-16-14(10)17/h3-4,7,11-13,18-19H,1,5-6H2,2H3/t11-,12-,13-/m0/s1. The molecule has 0 amide bonds. The molecule has 0 radical (unpaired) electrons. The zero-order chi connectivity index (χ0) is 13.6. The fourth-order valence-corrected chi connectivity index (χ4v) is 2.92. The van der Waals surface area contributed by atoms with Crippen molar-refractivity contribution < 1.29 is 10.2 Å². The van der Waals surface area contributed by atoms with Crippen LogP contribution < -0.4 is 0 Å². The molecule has 5 nitrogen and oxygen atoms in total. The zero-order valence-electron chi connectivity index (χ0n) is 10.8. The van der Waals surface area contributed by atoms with Crippen LogP contribution in [0.1, 0.15) is 18.2 Å². The lowest BCUT2D eigenvalue weighted by atomic mass is 10.0. The second-order valence-electron chi connectivity index (χ2n) is 5.10. The van der Waals surface area contributed by atoms with Crippen LogP contribution >= 0.6 is 0 Å². The van der Waals surface area contributed by atoms with E-state index in [1.807, 2.05) is 23.8 Å². The monoisotopic (exact) mass is 259 g/mol. The van der Waals surface area contributed by atoms with Crippen LogP contribution in [0.5, 0.6) is 0 Å². The fraction of sp³-hybridized carbons (Fsp3) is 0.429. The summed E-state index contributed by atoms with van der Waals surface area (Å²) in [6.45, 7) is 5.92. The molecule has 5 heteroatoms. The summed E-state index contributed by atoms with van der Waals surface area (Å²) in [6, 6.07) is 1.97. The molecule has 1 saturated carbocycles. The number of rotatable bonds is 2. The first-order valence-corrected chi connectivity index (χ1v) is 6.39. The SMILES string of the molecule is C=C1[C@H](CO)[C@@H](O)C[C@@H]1n1ccc2c(C)ncnc21. The lowest BCUT2D eigenvalue weighted by Gasteiger charge is -2.16. The van der Waals surface area contributed by atoms with E-state index in [-0.39, 0.29) is 18.6 Å². The first kappa shape index (κ1) is 12.3. The van der Waals surface area contributed by atoms with E-state index < -0.39 is 6.10 Å². The van der Waals surface area contributed by atoms with Gasteiger partial charge in [0, 0.05) is 17.5 Å². The Labute approximate surface area is 111 Å². The van der Waals surface area contributed by atoms with Crippen molar-refractivity contribution in [3.05, 3.63) is 36.4 Å². The van der Waals surface area contributed by atoms with E-state index in [4.69, 9.17) is 0 Å². The molecule has 0 aromatic carbocycles. The molecule has 2 heterocycles. The number of aromatic nitrogens is 3. The van der Waals surface area contributed by atoms with Gasteiger partial charge in [-0.05, 0) is 25.0 Å². The van der Waals surface area contributed by atoms with Gasteiger partial charge in [0.2, 0.25) is 0 Å². The van der Waals surface area contributed by atoms with Crippen molar-refractivity contribution in [1.82, 2.24) is 14.5 Å². The minimum Gasteiger partial charge on any atom is -0.396 e. The van der Waals surface area contributed by atoms with Crippen LogP contribution in [0.25, 0.3) is 11.0 Å². The van der Waals surface area contributed by atoms with Crippen LogP contribution in [0.2, 0.25) is 0 Å². The fourth-order valence-electron chi connectivity index (χ4n) is 2.92. The van der Waals surface area contributed by atoms with E-state index in [9.17, 15) is 10.2 Å². The first-order chi connectivity index (χ1) is 9.13. The molecule has 0 spiro atoms. The second kappa shape index (κ2) is 4.43. The van der Waals surface area contributed by atoms with Crippen molar-refractivity contribution >= 4 is 11.0 Å². The van der Waals surface area contributed by atoms with Crippen molar-refractivity contribution in [2.75, 3.05) is 6.61 Å². The maximum absolute atomic E-state index is 9.99. The number of hydrogen-bond donors (Lipinski definition) is 2. The predicted molar refractivity (Wildman–Crippen MR) is 71.6 cm³/mol. The Morgan fingerprint density at radius 3 is 2.95 bits per heavy atom. The highest BCUT2D eigenvalue weighted by molar-refractivity contribution is 5.78. The van der Waals surface area contributed by atoms with Gasteiger partial charge in [-0.3, -0.25) is 0 Å². The molecule has 2 aromatic heterocycles.